The summed E-state index contributed by atoms with van der Waals surface area (Å²) < 4.78 is 0. The first-order valence-electron chi connectivity index (χ1n) is 12.9. The molecule has 2 aromatic rings. The van der Waals surface area contributed by atoms with E-state index in [0.29, 0.717) is 51.4 Å². The lowest BCUT2D eigenvalue weighted by Gasteiger charge is -2.31. The second-order valence-electron chi connectivity index (χ2n) is 10.3. The monoisotopic (exact) mass is 475 g/mol. The van der Waals surface area contributed by atoms with Gasteiger partial charge in [0.1, 0.15) is 0 Å². The molecule has 0 atom stereocenters. The summed E-state index contributed by atoms with van der Waals surface area (Å²) in [5.74, 6) is 0.972. The molecular weight excluding hydrogens is 438 g/mol. The number of carbonyl (C=O) groups is 3. The van der Waals surface area contributed by atoms with Crippen molar-refractivity contribution in [2.45, 2.75) is 59.0 Å². The van der Waals surface area contributed by atoms with Crippen LogP contribution in [0, 0.1) is 11.8 Å². The van der Waals surface area contributed by atoms with E-state index in [1.807, 2.05) is 40.1 Å². The molecule has 2 aromatic carbocycles. The highest BCUT2D eigenvalue weighted by molar-refractivity contribution is 5.98. The molecule has 2 aliphatic heterocycles. The number of piperidine rings is 1. The Labute approximate surface area is 208 Å². The summed E-state index contributed by atoms with van der Waals surface area (Å²) in [4.78, 5) is 41.3. The SMILES string of the molecule is CC(C)Cc1ccc(C(=O)C2CCN(C(=O)NCc3cccc(CN4CCCC4=O)c3)CC2)cc1. The summed E-state index contributed by atoms with van der Waals surface area (Å²) in [6.45, 7) is 7.46. The van der Waals surface area contributed by atoms with E-state index in [2.05, 4.69) is 37.4 Å². The first-order chi connectivity index (χ1) is 16.9. The van der Waals surface area contributed by atoms with Crippen LogP contribution >= 0.6 is 0 Å². The zero-order valence-corrected chi connectivity index (χ0v) is 21.0. The van der Waals surface area contributed by atoms with E-state index in [1.165, 1.54) is 5.56 Å². The maximum atomic E-state index is 13.0. The quantitative estimate of drug-likeness (QED) is 0.557. The molecular formula is C29H37N3O3. The molecule has 0 bridgehead atoms. The summed E-state index contributed by atoms with van der Waals surface area (Å²) in [5, 5.41) is 3.02. The van der Waals surface area contributed by atoms with Crippen molar-refractivity contribution in [1.29, 1.82) is 0 Å². The van der Waals surface area contributed by atoms with Gasteiger partial charge in [0.05, 0.1) is 0 Å². The van der Waals surface area contributed by atoms with E-state index >= 15 is 0 Å². The van der Waals surface area contributed by atoms with Crippen molar-refractivity contribution in [3.8, 4) is 0 Å². The second kappa shape index (κ2) is 11.5. The molecule has 2 heterocycles. The first kappa shape index (κ1) is 25.0. The minimum Gasteiger partial charge on any atom is -0.338 e. The van der Waals surface area contributed by atoms with Gasteiger partial charge in [0, 0.05) is 50.6 Å². The molecule has 0 aliphatic carbocycles. The molecule has 2 saturated heterocycles. The largest absolute Gasteiger partial charge is 0.338 e. The molecule has 0 aromatic heterocycles. The fourth-order valence-corrected chi connectivity index (χ4v) is 5.08. The number of carbonyl (C=O) groups excluding carboxylic acids is 3. The van der Waals surface area contributed by atoms with E-state index in [-0.39, 0.29) is 23.6 Å². The summed E-state index contributed by atoms with van der Waals surface area (Å²) in [6.07, 6.45) is 3.98. The van der Waals surface area contributed by atoms with Crippen LogP contribution in [0.15, 0.2) is 48.5 Å². The van der Waals surface area contributed by atoms with E-state index in [1.54, 1.807) is 0 Å². The number of amides is 3. The zero-order valence-electron chi connectivity index (χ0n) is 21.0. The molecule has 0 saturated carbocycles. The highest BCUT2D eigenvalue weighted by atomic mass is 16.2. The minimum absolute atomic E-state index is 0.0278. The fraction of sp³-hybridized carbons (Fsp3) is 0.483. The van der Waals surface area contributed by atoms with Gasteiger partial charge in [0.15, 0.2) is 5.78 Å². The van der Waals surface area contributed by atoms with Gasteiger partial charge in [-0.1, -0.05) is 62.4 Å². The van der Waals surface area contributed by atoms with Gasteiger partial charge in [-0.05, 0) is 48.3 Å². The Balaban J connectivity index is 1.23. The third-order valence-electron chi connectivity index (χ3n) is 7.02. The van der Waals surface area contributed by atoms with Crippen LogP contribution in [0.3, 0.4) is 0 Å². The van der Waals surface area contributed by atoms with Crippen LogP contribution in [-0.4, -0.2) is 47.2 Å². The molecule has 1 N–H and O–H groups in total. The molecule has 6 heteroatoms. The highest BCUT2D eigenvalue weighted by Crippen LogP contribution is 2.23. The third-order valence-corrected chi connectivity index (χ3v) is 7.02. The highest BCUT2D eigenvalue weighted by Gasteiger charge is 2.28. The number of nitrogens with zero attached hydrogens (tertiary/aromatic N) is 2. The van der Waals surface area contributed by atoms with Crippen LogP contribution in [0.25, 0.3) is 0 Å². The van der Waals surface area contributed by atoms with Crippen LogP contribution in [0.5, 0.6) is 0 Å². The van der Waals surface area contributed by atoms with E-state index in [0.717, 1.165) is 36.1 Å². The van der Waals surface area contributed by atoms with Gasteiger partial charge in [0.25, 0.3) is 0 Å². The number of likely N-dealkylation sites (tertiary alicyclic amines) is 2. The Bertz CT molecular complexity index is 1040. The van der Waals surface area contributed by atoms with E-state index in [4.69, 9.17) is 0 Å². The van der Waals surface area contributed by atoms with E-state index < -0.39 is 0 Å². The van der Waals surface area contributed by atoms with Crippen molar-refractivity contribution in [3.63, 3.8) is 0 Å². The average molecular weight is 476 g/mol. The number of hydrogen-bond acceptors (Lipinski definition) is 3. The lowest BCUT2D eigenvalue weighted by molar-refractivity contribution is -0.128. The average Bonchev–Trinajstić information content (AvgIpc) is 3.26. The lowest BCUT2D eigenvalue weighted by Crippen LogP contribution is -2.45. The number of nitrogens with one attached hydrogen (secondary N) is 1. The molecule has 2 fully saturated rings. The second-order valence-corrected chi connectivity index (χ2v) is 10.3. The smallest absolute Gasteiger partial charge is 0.317 e. The molecule has 6 nitrogen and oxygen atoms in total. The molecule has 0 radical (unpaired) electrons. The van der Waals surface area contributed by atoms with Crippen LogP contribution in [0.1, 0.15) is 66.6 Å². The van der Waals surface area contributed by atoms with Crippen molar-refractivity contribution in [1.82, 2.24) is 15.1 Å². The molecule has 186 valence electrons. The van der Waals surface area contributed by atoms with Crippen molar-refractivity contribution >= 4 is 17.7 Å². The number of rotatable bonds is 8. The molecule has 2 aliphatic rings. The molecule has 0 spiro atoms. The normalized spacial score (nSPS) is 16.7. The Hall–Kier alpha value is -3.15. The van der Waals surface area contributed by atoms with Crippen LogP contribution in [-0.2, 0) is 24.3 Å². The van der Waals surface area contributed by atoms with Crippen LogP contribution in [0.4, 0.5) is 4.79 Å². The van der Waals surface area contributed by atoms with Crippen LogP contribution in [0.2, 0.25) is 0 Å². The Morgan fingerprint density at radius 2 is 1.69 bits per heavy atom. The Morgan fingerprint density at radius 1 is 0.971 bits per heavy atom. The number of Topliss-reactive ketones (excluding diaryl/α,β-unsaturated/α-hetero) is 1. The summed E-state index contributed by atoms with van der Waals surface area (Å²) in [5.41, 5.74) is 4.14. The Kier molecular flexibility index (Phi) is 8.21. The first-order valence-corrected chi connectivity index (χ1v) is 12.9. The number of ketones is 1. The van der Waals surface area contributed by atoms with Crippen LogP contribution < -0.4 is 5.32 Å². The van der Waals surface area contributed by atoms with Crippen molar-refractivity contribution in [3.05, 3.63) is 70.8 Å². The van der Waals surface area contributed by atoms with Gasteiger partial charge in [-0.2, -0.15) is 0 Å². The minimum atomic E-state index is -0.0888. The third kappa shape index (κ3) is 6.71. The van der Waals surface area contributed by atoms with Gasteiger partial charge in [-0.25, -0.2) is 4.79 Å². The number of hydrogen-bond donors (Lipinski definition) is 1. The predicted molar refractivity (Wildman–Crippen MR) is 137 cm³/mol. The topological polar surface area (TPSA) is 69.7 Å². The molecule has 0 unspecified atom stereocenters. The van der Waals surface area contributed by atoms with Gasteiger partial charge < -0.3 is 15.1 Å². The van der Waals surface area contributed by atoms with Crippen molar-refractivity contribution in [2.75, 3.05) is 19.6 Å². The van der Waals surface area contributed by atoms with Gasteiger partial charge in [0.2, 0.25) is 5.91 Å². The number of benzene rings is 2. The maximum Gasteiger partial charge on any atom is 0.317 e. The summed E-state index contributed by atoms with van der Waals surface area (Å²) in [7, 11) is 0. The maximum absolute atomic E-state index is 13.0. The standard InChI is InChI=1S/C29H37N3O3/c1-21(2)17-22-8-10-25(11-9-22)28(34)26-12-15-31(16-13-26)29(35)30-19-23-5-3-6-24(18-23)20-32-14-4-7-27(32)33/h3,5-6,8-11,18,21,26H,4,7,12-17,19-20H2,1-2H3,(H,30,35). The summed E-state index contributed by atoms with van der Waals surface area (Å²) >= 11 is 0. The molecule has 4 rings (SSSR count). The lowest BCUT2D eigenvalue weighted by atomic mass is 9.88. The fourth-order valence-electron chi connectivity index (χ4n) is 5.08. The molecule has 35 heavy (non-hydrogen) atoms. The van der Waals surface area contributed by atoms with Gasteiger partial charge >= 0.3 is 6.03 Å². The zero-order chi connectivity index (χ0) is 24.8. The van der Waals surface area contributed by atoms with Crippen molar-refractivity contribution < 1.29 is 14.4 Å². The number of urea groups is 1. The van der Waals surface area contributed by atoms with Gasteiger partial charge in [-0.3, -0.25) is 9.59 Å². The molecule has 3 amide bonds. The van der Waals surface area contributed by atoms with E-state index in [9.17, 15) is 14.4 Å². The van der Waals surface area contributed by atoms with Gasteiger partial charge in [-0.15, -0.1) is 0 Å². The van der Waals surface area contributed by atoms with Crippen molar-refractivity contribution in [2.24, 2.45) is 11.8 Å². The predicted octanol–water partition coefficient (Wildman–Crippen LogP) is 4.81. The Morgan fingerprint density at radius 3 is 2.34 bits per heavy atom. The summed E-state index contributed by atoms with van der Waals surface area (Å²) in [6, 6.07) is 16.0.